The van der Waals surface area contributed by atoms with Gasteiger partial charge >= 0.3 is 6.16 Å². The zero-order chi connectivity index (χ0) is 11.9. The summed E-state index contributed by atoms with van der Waals surface area (Å²) in [5, 5.41) is 8.32. The first-order valence-corrected chi connectivity index (χ1v) is 4.78. The van der Waals surface area contributed by atoms with Crippen LogP contribution in [-0.4, -0.2) is 51.6 Å². The molecule has 1 N–H and O–H groups in total. The van der Waals surface area contributed by atoms with Gasteiger partial charge in [0.25, 0.3) is 0 Å². The zero-order valence-electron chi connectivity index (χ0n) is 9.52. The molecular weight excluding hydrogens is 204 g/mol. The summed E-state index contributed by atoms with van der Waals surface area (Å²) in [7, 11) is 1.40. The van der Waals surface area contributed by atoms with Crippen LogP contribution in [0.25, 0.3) is 0 Å². The molecule has 15 heavy (non-hydrogen) atoms. The van der Waals surface area contributed by atoms with Crippen LogP contribution in [0, 0.1) is 0 Å². The highest BCUT2D eigenvalue weighted by Crippen LogP contribution is 1.85. The SMILES string of the molecule is CC.COCOC(=O)OCCOCCO. The molecule has 0 aliphatic rings. The molecule has 0 atom stereocenters. The van der Waals surface area contributed by atoms with Crippen molar-refractivity contribution in [3.8, 4) is 0 Å². The van der Waals surface area contributed by atoms with E-state index in [0.717, 1.165) is 0 Å². The van der Waals surface area contributed by atoms with Crippen molar-refractivity contribution in [1.82, 2.24) is 0 Å². The van der Waals surface area contributed by atoms with E-state index < -0.39 is 6.16 Å². The Hall–Kier alpha value is -0.850. The van der Waals surface area contributed by atoms with Crippen molar-refractivity contribution < 1.29 is 28.8 Å². The summed E-state index contributed by atoms with van der Waals surface area (Å²) < 4.78 is 18.2. The Labute approximate surface area is 90.1 Å². The minimum absolute atomic E-state index is 0.0475. The molecule has 92 valence electrons. The molecule has 0 aliphatic heterocycles. The number of carbonyl (C=O) groups excluding carboxylic acids is 1. The van der Waals surface area contributed by atoms with Crippen LogP contribution in [-0.2, 0) is 18.9 Å². The first-order valence-electron chi connectivity index (χ1n) is 4.78. The number of hydrogen-bond donors (Lipinski definition) is 1. The summed E-state index contributed by atoms with van der Waals surface area (Å²) in [5.41, 5.74) is 0. The normalized spacial score (nSPS) is 8.80. The van der Waals surface area contributed by atoms with Crippen LogP contribution in [0.4, 0.5) is 4.79 Å². The van der Waals surface area contributed by atoms with E-state index >= 15 is 0 Å². The van der Waals surface area contributed by atoms with Gasteiger partial charge in [-0.15, -0.1) is 0 Å². The number of rotatable bonds is 7. The van der Waals surface area contributed by atoms with Crippen molar-refractivity contribution in [2.45, 2.75) is 13.8 Å². The van der Waals surface area contributed by atoms with Crippen molar-refractivity contribution in [1.29, 1.82) is 0 Å². The Morgan fingerprint density at radius 1 is 1.13 bits per heavy atom. The van der Waals surface area contributed by atoms with Gasteiger partial charge in [-0.1, -0.05) is 13.8 Å². The average Bonchev–Trinajstić information content (AvgIpc) is 2.29. The fraction of sp³-hybridized carbons (Fsp3) is 0.889. The second-order valence-corrected chi connectivity index (χ2v) is 1.99. The van der Waals surface area contributed by atoms with E-state index in [4.69, 9.17) is 9.84 Å². The number of aliphatic hydroxyl groups is 1. The van der Waals surface area contributed by atoms with Crippen molar-refractivity contribution in [3.63, 3.8) is 0 Å². The zero-order valence-corrected chi connectivity index (χ0v) is 9.52. The largest absolute Gasteiger partial charge is 0.510 e. The van der Waals surface area contributed by atoms with Crippen LogP contribution in [0.15, 0.2) is 0 Å². The Morgan fingerprint density at radius 3 is 2.33 bits per heavy atom. The Morgan fingerprint density at radius 2 is 1.80 bits per heavy atom. The molecule has 0 aliphatic carbocycles. The van der Waals surface area contributed by atoms with Gasteiger partial charge in [-0.05, 0) is 0 Å². The van der Waals surface area contributed by atoms with Crippen LogP contribution < -0.4 is 0 Å². The minimum atomic E-state index is -0.797. The third kappa shape index (κ3) is 15.9. The first kappa shape index (κ1) is 16.6. The lowest BCUT2D eigenvalue weighted by atomic mass is 10.7. The van der Waals surface area contributed by atoms with Gasteiger partial charge in [0.15, 0.2) is 6.79 Å². The summed E-state index contributed by atoms with van der Waals surface area (Å²) in [4.78, 5) is 10.6. The topological polar surface area (TPSA) is 74.2 Å². The molecule has 0 rings (SSSR count). The van der Waals surface area contributed by atoms with Crippen molar-refractivity contribution in [3.05, 3.63) is 0 Å². The van der Waals surface area contributed by atoms with Gasteiger partial charge in [0.2, 0.25) is 0 Å². The van der Waals surface area contributed by atoms with Crippen molar-refractivity contribution in [2.75, 3.05) is 40.3 Å². The summed E-state index contributed by atoms with van der Waals surface area (Å²) in [6.45, 7) is 4.39. The van der Waals surface area contributed by atoms with Gasteiger partial charge in [0, 0.05) is 7.11 Å². The van der Waals surface area contributed by atoms with Crippen molar-refractivity contribution >= 4 is 6.16 Å². The summed E-state index contributed by atoms with van der Waals surface area (Å²) in [6, 6.07) is 0. The summed E-state index contributed by atoms with van der Waals surface area (Å²) >= 11 is 0. The average molecular weight is 224 g/mol. The lowest BCUT2D eigenvalue weighted by molar-refractivity contribution is -0.0344. The summed E-state index contributed by atoms with van der Waals surface area (Å²) in [6.07, 6.45) is -0.797. The summed E-state index contributed by atoms with van der Waals surface area (Å²) in [5.74, 6) is 0. The number of methoxy groups -OCH3 is 1. The maximum Gasteiger partial charge on any atom is 0.510 e. The van der Waals surface area contributed by atoms with Crippen LogP contribution in [0.3, 0.4) is 0 Å². The smallest absolute Gasteiger partial charge is 0.432 e. The van der Waals surface area contributed by atoms with E-state index in [0.29, 0.717) is 0 Å². The highest BCUT2D eigenvalue weighted by Gasteiger charge is 2.01. The molecule has 0 aromatic rings. The van der Waals surface area contributed by atoms with E-state index in [1.54, 1.807) is 0 Å². The van der Waals surface area contributed by atoms with Crippen LogP contribution in [0.1, 0.15) is 13.8 Å². The number of hydrogen-bond acceptors (Lipinski definition) is 6. The number of ether oxygens (including phenoxy) is 4. The van der Waals surface area contributed by atoms with Crippen molar-refractivity contribution in [2.24, 2.45) is 0 Å². The van der Waals surface area contributed by atoms with E-state index in [2.05, 4.69) is 14.2 Å². The quantitative estimate of drug-likeness (QED) is 0.391. The first-order chi connectivity index (χ1) is 7.31. The lowest BCUT2D eigenvalue weighted by Gasteiger charge is -2.05. The standard InChI is InChI=1S/C7H14O6.C2H6/c1-10-6-13-7(9)12-5-4-11-3-2-8;1-2/h8H,2-6H2,1H3;1-2H3. The molecule has 0 saturated carbocycles. The minimum Gasteiger partial charge on any atom is -0.432 e. The fourth-order valence-corrected chi connectivity index (χ4v) is 0.499. The number of aliphatic hydroxyl groups excluding tert-OH is 1. The molecule has 6 nitrogen and oxygen atoms in total. The van der Waals surface area contributed by atoms with E-state index in [9.17, 15) is 4.79 Å². The lowest BCUT2D eigenvalue weighted by Crippen LogP contribution is -2.14. The Balaban J connectivity index is 0. The molecule has 0 aromatic carbocycles. The molecule has 0 bridgehead atoms. The molecule has 0 heterocycles. The van der Waals surface area contributed by atoms with E-state index in [-0.39, 0.29) is 33.2 Å². The highest BCUT2D eigenvalue weighted by atomic mass is 16.8. The molecule has 6 heteroatoms. The number of carbonyl (C=O) groups is 1. The molecule has 0 aromatic heterocycles. The van der Waals surface area contributed by atoms with Gasteiger partial charge in [0.1, 0.15) is 6.61 Å². The second-order valence-electron chi connectivity index (χ2n) is 1.99. The van der Waals surface area contributed by atoms with E-state index in [1.165, 1.54) is 7.11 Å². The molecule has 0 fully saturated rings. The molecule has 0 unspecified atom stereocenters. The molecular formula is C9H20O6. The monoisotopic (exact) mass is 224 g/mol. The second kappa shape index (κ2) is 15.6. The van der Waals surface area contributed by atoms with E-state index in [1.807, 2.05) is 13.8 Å². The predicted octanol–water partition coefficient (Wildman–Crippen LogP) is 0.779. The van der Waals surface area contributed by atoms with Crippen LogP contribution >= 0.6 is 0 Å². The molecule has 0 spiro atoms. The fourth-order valence-electron chi connectivity index (χ4n) is 0.499. The third-order valence-corrected chi connectivity index (χ3v) is 0.978. The van der Waals surface area contributed by atoms with Crippen LogP contribution in [0.5, 0.6) is 0 Å². The predicted molar refractivity (Wildman–Crippen MR) is 53.6 cm³/mol. The van der Waals surface area contributed by atoms with Gasteiger partial charge in [-0.25, -0.2) is 4.79 Å². The van der Waals surface area contributed by atoms with Gasteiger partial charge < -0.3 is 24.1 Å². The van der Waals surface area contributed by atoms with Crippen LogP contribution in [0.2, 0.25) is 0 Å². The van der Waals surface area contributed by atoms with Gasteiger partial charge in [-0.3, -0.25) is 0 Å². The van der Waals surface area contributed by atoms with Gasteiger partial charge in [0.05, 0.1) is 19.8 Å². The molecule has 0 amide bonds. The maximum atomic E-state index is 10.6. The Bertz CT molecular complexity index is 128. The Kier molecular flexibility index (Phi) is 17.3. The molecule has 0 saturated heterocycles. The van der Waals surface area contributed by atoms with Gasteiger partial charge in [-0.2, -0.15) is 0 Å². The third-order valence-electron chi connectivity index (χ3n) is 0.978. The maximum absolute atomic E-state index is 10.6. The highest BCUT2D eigenvalue weighted by molar-refractivity contribution is 5.59. The molecule has 0 radical (unpaired) electrons.